The number of alkyl halides is 6. The number of benzene rings is 2. The summed E-state index contributed by atoms with van der Waals surface area (Å²) >= 11 is 0. The molecule has 0 spiro atoms. The second-order valence-corrected chi connectivity index (χ2v) is 6.59. The second kappa shape index (κ2) is 7.60. The number of urea groups is 1. The predicted octanol–water partition coefficient (Wildman–Crippen LogP) is 3.45. The van der Waals surface area contributed by atoms with Gasteiger partial charge in [-0.15, -0.1) is 0 Å². The summed E-state index contributed by atoms with van der Waals surface area (Å²) in [6, 6.07) is 8.85. The van der Waals surface area contributed by atoms with Crippen LogP contribution in [-0.4, -0.2) is 34.6 Å². The third-order valence-electron chi connectivity index (χ3n) is 4.47. The Kier molecular flexibility index (Phi) is 5.42. The van der Waals surface area contributed by atoms with E-state index in [0.29, 0.717) is 17.7 Å². The van der Waals surface area contributed by atoms with E-state index < -0.39 is 53.5 Å². The van der Waals surface area contributed by atoms with Gasteiger partial charge in [0.05, 0.1) is 12.1 Å². The molecule has 4 amide bonds. The Morgan fingerprint density at radius 1 is 0.968 bits per heavy atom. The highest BCUT2D eigenvalue weighted by atomic mass is 19.4. The Bertz CT molecular complexity index is 1020. The van der Waals surface area contributed by atoms with Crippen molar-refractivity contribution in [3.05, 3.63) is 71.3 Å². The molecule has 1 aliphatic rings. The molecule has 0 unspecified atom stereocenters. The highest BCUT2D eigenvalue weighted by Crippen LogP contribution is 2.35. The third-order valence-corrected chi connectivity index (χ3v) is 4.47. The molecule has 6 nitrogen and oxygen atoms in total. The summed E-state index contributed by atoms with van der Waals surface area (Å²) in [6.07, 6.45) is -10.3. The number of amides is 4. The normalized spacial score (nSPS) is 19.4. The summed E-state index contributed by atoms with van der Waals surface area (Å²) in [5, 5.41) is 2.80. The van der Waals surface area contributed by atoms with E-state index in [1.807, 2.05) is 0 Å². The molecule has 0 aromatic heterocycles. The number of hydrogen-bond acceptors (Lipinski definition) is 3. The lowest BCUT2D eigenvalue weighted by Crippen LogP contribution is -2.69. The van der Waals surface area contributed by atoms with Crippen LogP contribution in [0.2, 0.25) is 0 Å². The molecule has 0 aliphatic carbocycles. The van der Waals surface area contributed by atoms with Crippen LogP contribution in [0.4, 0.5) is 31.1 Å². The first-order valence-electron chi connectivity index (χ1n) is 8.60. The van der Waals surface area contributed by atoms with Crippen LogP contribution in [0.1, 0.15) is 21.5 Å². The monoisotopic (exact) mass is 445 g/mol. The Morgan fingerprint density at radius 3 is 2.19 bits per heavy atom. The number of nitrogens with zero attached hydrogens (tertiary/aromatic N) is 1. The summed E-state index contributed by atoms with van der Waals surface area (Å²) in [4.78, 5) is 37.4. The van der Waals surface area contributed by atoms with E-state index in [4.69, 9.17) is 0 Å². The van der Waals surface area contributed by atoms with E-state index in [-0.39, 0.29) is 4.90 Å². The molecule has 2 aromatic carbocycles. The van der Waals surface area contributed by atoms with Crippen LogP contribution in [0.3, 0.4) is 0 Å². The van der Waals surface area contributed by atoms with Crippen molar-refractivity contribution >= 4 is 17.8 Å². The number of carbonyl (C=O) groups excluding carboxylic acids is 3. The largest absolute Gasteiger partial charge is 0.440 e. The quantitative estimate of drug-likeness (QED) is 0.559. The van der Waals surface area contributed by atoms with Gasteiger partial charge >= 0.3 is 18.4 Å². The van der Waals surface area contributed by atoms with Crippen LogP contribution < -0.4 is 10.6 Å². The molecule has 2 N–H and O–H groups in total. The van der Waals surface area contributed by atoms with Gasteiger partial charge in [0.2, 0.25) is 0 Å². The van der Waals surface area contributed by atoms with Gasteiger partial charge in [-0.05, 0) is 23.8 Å². The van der Waals surface area contributed by atoms with Gasteiger partial charge in [-0.3, -0.25) is 19.8 Å². The molecule has 1 fully saturated rings. The first kappa shape index (κ1) is 22.1. The Morgan fingerprint density at radius 2 is 1.61 bits per heavy atom. The van der Waals surface area contributed by atoms with Gasteiger partial charge in [-0.25, -0.2) is 4.79 Å². The van der Waals surface area contributed by atoms with Gasteiger partial charge in [0.1, 0.15) is 0 Å². The van der Waals surface area contributed by atoms with Crippen molar-refractivity contribution in [3.63, 3.8) is 0 Å². The fourth-order valence-electron chi connectivity index (χ4n) is 2.91. The smallest absolute Gasteiger partial charge is 0.314 e. The molecule has 0 radical (unpaired) electrons. The van der Waals surface area contributed by atoms with Crippen LogP contribution in [0.5, 0.6) is 0 Å². The minimum Gasteiger partial charge on any atom is -0.314 e. The van der Waals surface area contributed by atoms with Crippen LogP contribution in [0, 0.1) is 0 Å². The molecule has 0 saturated carbocycles. The molecule has 164 valence electrons. The van der Waals surface area contributed by atoms with Gasteiger partial charge in [0.25, 0.3) is 17.5 Å². The molecular formula is C19H13F6N3O3. The average molecular weight is 445 g/mol. The van der Waals surface area contributed by atoms with Gasteiger partial charge in [0, 0.05) is 5.56 Å². The summed E-state index contributed by atoms with van der Waals surface area (Å²) < 4.78 is 80.0. The molecule has 31 heavy (non-hydrogen) atoms. The number of nitrogens with one attached hydrogen (secondary N) is 2. The Hall–Kier alpha value is -3.57. The van der Waals surface area contributed by atoms with Crippen LogP contribution in [-0.2, 0) is 17.5 Å². The molecule has 12 heteroatoms. The zero-order chi connectivity index (χ0) is 23.0. The van der Waals surface area contributed by atoms with Crippen molar-refractivity contribution in [1.82, 2.24) is 15.5 Å². The van der Waals surface area contributed by atoms with E-state index in [1.54, 1.807) is 18.2 Å². The maximum absolute atomic E-state index is 13.8. The summed E-state index contributed by atoms with van der Waals surface area (Å²) in [5.41, 5.74) is -5.53. The highest BCUT2D eigenvalue weighted by Gasteiger charge is 2.68. The van der Waals surface area contributed by atoms with Crippen molar-refractivity contribution in [1.29, 1.82) is 0 Å². The lowest BCUT2D eigenvalue weighted by atomic mass is 10.1. The molecule has 1 aliphatic heterocycles. The maximum atomic E-state index is 13.8. The van der Waals surface area contributed by atoms with Crippen molar-refractivity contribution in [2.75, 3.05) is 0 Å². The zero-order valence-corrected chi connectivity index (χ0v) is 15.3. The van der Waals surface area contributed by atoms with Crippen LogP contribution >= 0.6 is 0 Å². The topological polar surface area (TPSA) is 78.5 Å². The summed E-state index contributed by atoms with van der Waals surface area (Å²) in [6.45, 7) is -0.511. The van der Waals surface area contributed by atoms with E-state index in [2.05, 4.69) is 0 Å². The van der Waals surface area contributed by atoms with Crippen LogP contribution in [0.15, 0.2) is 54.6 Å². The predicted molar refractivity (Wildman–Crippen MR) is 93.2 cm³/mol. The Balaban J connectivity index is 1.93. The zero-order valence-electron chi connectivity index (χ0n) is 15.3. The molecule has 1 atom stereocenters. The number of hydrogen-bond donors (Lipinski definition) is 2. The maximum Gasteiger partial charge on any atom is 0.440 e. The minimum absolute atomic E-state index is 0.259. The third kappa shape index (κ3) is 4.18. The molecule has 2 aromatic rings. The number of halogens is 6. The van der Waals surface area contributed by atoms with Crippen molar-refractivity contribution in [3.8, 4) is 0 Å². The van der Waals surface area contributed by atoms with E-state index in [1.165, 1.54) is 22.8 Å². The number of rotatable bonds is 4. The average Bonchev–Trinajstić information content (AvgIpc) is 2.93. The SMILES string of the molecule is O=C(N[C@@]1(C(F)(F)F)NC(=O)N(Cc2ccccc2)C1=O)c1cccc(C(F)(F)F)c1. The van der Waals surface area contributed by atoms with Crippen molar-refractivity contribution < 1.29 is 40.7 Å². The molecule has 3 rings (SSSR count). The first-order chi connectivity index (χ1) is 14.3. The van der Waals surface area contributed by atoms with Crippen molar-refractivity contribution in [2.24, 2.45) is 0 Å². The van der Waals surface area contributed by atoms with Crippen molar-refractivity contribution in [2.45, 2.75) is 24.6 Å². The van der Waals surface area contributed by atoms with Crippen LogP contribution in [0.25, 0.3) is 0 Å². The Labute approximate surface area is 170 Å². The minimum atomic E-state index is -5.48. The van der Waals surface area contributed by atoms with E-state index in [0.717, 1.165) is 12.1 Å². The van der Waals surface area contributed by atoms with E-state index in [9.17, 15) is 40.7 Å². The highest BCUT2D eigenvalue weighted by molar-refractivity contribution is 6.10. The molecule has 0 bridgehead atoms. The fourth-order valence-corrected chi connectivity index (χ4v) is 2.91. The van der Waals surface area contributed by atoms with Gasteiger partial charge in [-0.2, -0.15) is 26.3 Å². The summed E-state index contributed by atoms with van der Waals surface area (Å²) in [5.74, 6) is -3.44. The second-order valence-electron chi connectivity index (χ2n) is 6.59. The molecule has 1 heterocycles. The van der Waals surface area contributed by atoms with Gasteiger partial charge in [0.15, 0.2) is 0 Å². The number of carbonyl (C=O) groups is 3. The summed E-state index contributed by atoms with van der Waals surface area (Å²) in [7, 11) is 0. The first-order valence-corrected chi connectivity index (χ1v) is 8.60. The molecular weight excluding hydrogens is 432 g/mol. The molecule has 1 saturated heterocycles. The van der Waals surface area contributed by atoms with Gasteiger partial charge < -0.3 is 5.32 Å². The fraction of sp³-hybridized carbons (Fsp3) is 0.211. The van der Waals surface area contributed by atoms with Gasteiger partial charge in [-0.1, -0.05) is 36.4 Å². The lowest BCUT2D eigenvalue weighted by Gasteiger charge is -2.30. The number of imide groups is 1. The lowest BCUT2D eigenvalue weighted by molar-refractivity contribution is -0.200. The standard InChI is InChI=1S/C19H13F6N3O3/c20-18(21,22)13-8-4-7-12(9-13)14(29)26-17(19(23,24)25)15(30)28(16(31)27-17)10-11-5-2-1-3-6-11/h1-9H,10H2,(H,26,29)(H,27,31)/t17-/m1/s1. The van der Waals surface area contributed by atoms with E-state index >= 15 is 0 Å².